The lowest BCUT2D eigenvalue weighted by Gasteiger charge is -2.22. The van der Waals surface area contributed by atoms with Gasteiger partial charge in [-0.2, -0.15) is 0 Å². The summed E-state index contributed by atoms with van der Waals surface area (Å²) in [4.78, 5) is 0. The molecule has 1 N–H and O–H groups in total. The van der Waals surface area contributed by atoms with Crippen molar-refractivity contribution in [2.45, 2.75) is 44.2 Å². The van der Waals surface area contributed by atoms with Crippen molar-refractivity contribution in [1.82, 2.24) is 5.32 Å². The van der Waals surface area contributed by atoms with Crippen molar-refractivity contribution in [3.63, 3.8) is 0 Å². The maximum atomic E-state index is 5.14. The summed E-state index contributed by atoms with van der Waals surface area (Å²) in [7, 11) is 0. The van der Waals surface area contributed by atoms with E-state index in [-0.39, 0.29) is 0 Å². The fraction of sp³-hybridized carbons (Fsp3) is 1.00. The third-order valence-corrected chi connectivity index (χ3v) is 2.64. The Morgan fingerprint density at radius 2 is 1.91 bits per heavy atom. The Kier molecular flexibility index (Phi) is 2.44. The Morgan fingerprint density at radius 1 is 1.18 bits per heavy atom. The molecule has 1 saturated heterocycles. The van der Waals surface area contributed by atoms with E-state index >= 15 is 0 Å². The number of ether oxygens (including phenoxy) is 1. The summed E-state index contributed by atoms with van der Waals surface area (Å²) in [6.45, 7) is 2.07. The first-order valence-corrected chi connectivity index (χ1v) is 4.80. The number of hydrogen-bond acceptors (Lipinski definition) is 2. The normalized spacial score (nSPS) is 32.2. The summed E-state index contributed by atoms with van der Waals surface area (Å²) in [6, 6.07) is 0.799. The van der Waals surface area contributed by atoms with Crippen LogP contribution in [0.15, 0.2) is 0 Å². The monoisotopic (exact) mass is 155 g/mol. The first-order valence-electron chi connectivity index (χ1n) is 4.80. The zero-order valence-corrected chi connectivity index (χ0v) is 7.01. The zero-order chi connectivity index (χ0) is 7.52. The van der Waals surface area contributed by atoms with E-state index < -0.39 is 0 Å². The van der Waals surface area contributed by atoms with Gasteiger partial charge < -0.3 is 10.1 Å². The SMILES string of the molecule is C1CCC(NCC2CO2)CC1. The predicted octanol–water partition coefficient (Wildman–Crippen LogP) is 1.31. The molecule has 0 aromatic rings. The Bertz CT molecular complexity index is 117. The molecule has 2 fully saturated rings. The first-order chi connectivity index (χ1) is 5.45. The highest BCUT2D eigenvalue weighted by atomic mass is 16.6. The Balaban J connectivity index is 1.59. The molecule has 64 valence electrons. The average molecular weight is 155 g/mol. The molecule has 1 heterocycles. The molecule has 2 aliphatic rings. The fourth-order valence-electron chi connectivity index (χ4n) is 1.79. The van der Waals surface area contributed by atoms with Crippen LogP contribution in [0, 0.1) is 0 Å². The van der Waals surface area contributed by atoms with Crippen molar-refractivity contribution in [3.8, 4) is 0 Å². The highest BCUT2D eigenvalue weighted by Gasteiger charge is 2.23. The molecule has 2 nitrogen and oxygen atoms in total. The average Bonchev–Trinajstić information content (AvgIpc) is 2.86. The summed E-state index contributed by atoms with van der Waals surface area (Å²) in [5.74, 6) is 0. The summed E-state index contributed by atoms with van der Waals surface area (Å²) < 4.78 is 5.14. The zero-order valence-electron chi connectivity index (χ0n) is 7.01. The van der Waals surface area contributed by atoms with Gasteiger partial charge in [-0.25, -0.2) is 0 Å². The molecule has 1 saturated carbocycles. The second-order valence-corrected chi connectivity index (χ2v) is 3.70. The molecule has 1 unspecified atom stereocenters. The van der Waals surface area contributed by atoms with E-state index in [1.165, 1.54) is 32.1 Å². The maximum Gasteiger partial charge on any atom is 0.0934 e. The lowest BCUT2D eigenvalue weighted by atomic mass is 9.95. The van der Waals surface area contributed by atoms with Crippen LogP contribution in [-0.2, 0) is 4.74 Å². The van der Waals surface area contributed by atoms with Gasteiger partial charge in [0.15, 0.2) is 0 Å². The minimum atomic E-state index is 0.553. The molecule has 2 heteroatoms. The molecule has 11 heavy (non-hydrogen) atoms. The van der Waals surface area contributed by atoms with Crippen LogP contribution in [0.2, 0.25) is 0 Å². The quantitative estimate of drug-likeness (QED) is 0.621. The van der Waals surface area contributed by atoms with E-state index in [0.29, 0.717) is 6.10 Å². The number of nitrogens with one attached hydrogen (secondary N) is 1. The molecule has 0 aromatic carbocycles. The van der Waals surface area contributed by atoms with Crippen LogP contribution in [0.1, 0.15) is 32.1 Å². The van der Waals surface area contributed by atoms with E-state index in [4.69, 9.17) is 4.74 Å². The standard InChI is InChI=1S/C9H17NO/c1-2-4-8(5-3-1)10-6-9-7-11-9/h8-10H,1-7H2. The largest absolute Gasteiger partial charge is 0.372 e. The van der Waals surface area contributed by atoms with Crippen molar-refractivity contribution < 1.29 is 4.74 Å². The predicted molar refractivity (Wildman–Crippen MR) is 44.6 cm³/mol. The molecule has 0 bridgehead atoms. The highest BCUT2D eigenvalue weighted by molar-refractivity contribution is 4.77. The van der Waals surface area contributed by atoms with Crippen LogP contribution in [0.4, 0.5) is 0 Å². The fourth-order valence-corrected chi connectivity index (χ4v) is 1.79. The minimum Gasteiger partial charge on any atom is -0.372 e. The summed E-state index contributed by atoms with van der Waals surface area (Å²) in [5, 5.41) is 3.56. The highest BCUT2D eigenvalue weighted by Crippen LogP contribution is 2.18. The van der Waals surface area contributed by atoms with Gasteiger partial charge in [-0.15, -0.1) is 0 Å². The molecule has 0 radical (unpaired) electrons. The van der Waals surface area contributed by atoms with E-state index in [9.17, 15) is 0 Å². The van der Waals surface area contributed by atoms with Gasteiger partial charge in [0, 0.05) is 12.6 Å². The van der Waals surface area contributed by atoms with Crippen molar-refractivity contribution in [2.24, 2.45) is 0 Å². The van der Waals surface area contributed by atoms with Gasteiger partial charge in [0.1, 0.15) is 0 Å². The van der Waals surface area contributed by atoms with Crippen LogP contribution in [0.5, 0.6) is 0 Å². The number of rotatable bonds is 3. The molecular formula is C9H17NO. The smallest absolute Gasteiger partial charge is 0.0934 e. The third-order valence-electron chi connectivity index (χ3n) is 2.64. The van der Waals surface area contributed by atoms with E-state index in [1.807, 2.05) is 0 Å². The summed E-state index contributed by atoms with van der Waals surface area (Å²) >= 11 is 0. The van der Waals surface area contributed by atoms with Crippen LogP contribution in [0.3, 0.4) is 0 Å². The molecule has 1 aliphatic carbocycles. The van der Waals surface area contributed by atoms with Crippen molar-refractivity contribution in [1.29, 1.82) is 0 Å². The summed E-state index contributed by atoms with van der Waals surface area (Å²) in [5.41, 5.74) is 0. The number of hydrogen-bond donors (Lipinski definition) is 1. The van der Waals surface area contributed by atoms with Gasteiger partial charge in [0.2, 0.25) is 0 Å². The van der Waals surface area contributed by atoms with Gasteiger partial charge in [0.25, 0.3) is 0 Å². The van der Waals surface area contributed by atoms with Gasteiger partial charge in [-0.1, -0.05) is 19.3 Å². The van der Waals surface area contributed by atoms with E-state index in [2.05, 4.69) is 5.32 Å². The molecule has 1 aliphatic heterocycles. The van der Waals surface area contributed by atoms with Crippen LogP contribution in [-0.4, -0.2) is 25.3 Å². The van der Waals surface area contributed by atoms with E-state index in [0.717, 1.165) is 19.2 Å². The topological polar surface area (TPSA) is 24.6 Å². The van der Waals surface area contributed by atoms with Crippen LogP contribution >= 0.6 is 0 Å². The number of epoxide rings is 1. The Morgan fingerprint density at radius 3 is 2.55 bits per heavy atom. The third kappa shape index (κ3) is 2.46. The van der Waals surface area contributed by atoms with Crippen LogP contribution < -0.4 is 5.32 Å². The molecule has 0 amide bonds. The maximum absolute atomic E-state index is 5.14. The van der Waals surface area contributed by atoms with Crippen molar-refractivity contribution in [2.75, 3.05) is 13.2 Å². The molecule has 2 rings (SSSR count). The summed E-state index contributed by atoms with van der Waals surface area (Å²) in [6.07, 6.45) is 7.60. The molecular weight excluding hydrogens is 138 g/mol. The second kappa shape index (κ2) is 3.55. The molecule has 0 spiro atoms. The minimum absolute atomic E-state index is 0.553. The van der Waals surface area contributed by atoms with Crippen molar-refractivity contribution >= 4 is 0 Å². The lowest BCUT2D eigenvalue weighted by molar-refractivity contribution is 0.341. The first kappa shape index (κ1) is 7.56. The van der Waals surface area contributed by atoms with Gasteiger partial charge in [-0.3, -0.25) is 0 Å². The van der Waals surface area contributed by atoms with Crippen molar-refractivity contribution in [3.05, 3.63) is 0 Å². The van der Waals surface area contributed by atoms with Gasteiger partial charge in [-0.05, 0) is 12.8 Å². The molecule has 0 aromatic heterocycles. The second-order valence-electron chi connectivity index (χ2n) is 3.70. The van der Waals surface area contributed by atoms with Gasteiger partial charge in [0.05, 0.1) is 12.7 Å². The Hall–Kier alpha value is -0.0800. The molecule has 1 atom stereocenters. The van der Waals surface area contributed by atoms with Gasteiger partial charge >= 0.3 is 0 Å². The Labute approximate surface area is 68.3 Å². The van der Waals surface area contributed by atoms with E-state index in [1.54, 1.807) is 0 Å². The lowest BCUT2D eigenvalue weighted by Crippen LogP contribution is -2.33. The van der Waals surface area contributed by atoms with Crippen LogP contribution in [0.25, 0.3) is 0 Å².